The van der Waals surface area contributed by atoms with Crippen molar-refractivity contribution in [3.63, 3.8) is 0 Å². The molecule has 2 aliphatic heterocycles. The molecule has 0 bridgehead atoms. The van der Waals surface area contributed by atoms with Crippen molar-refractivity contribution in [1.29, 1.82) is 0 Å². The van der Waals surface area contributed by atoms with E-state index in [1.54, 1.807) is 20.8 Å². The van der Waals surface area contributed by atoms with E-state index in [4.69, 9.17) is 4.74 Å². The van der Waals surface area contributed by atoms with E-state index in [1.807, 2.05) is 0 Å². The molecule has 3 atom stereocenters. The molecule has 0 aromatic heterocycles. The number of amides is 3. The third kappa shape index (κ3) is 6.20. The molecule has 36 heavy (non-hydrogen) atoms. The molecular weight excluding hydrogens is 516 g/mol. The lowest BCUT2D eigenvalue weighted by molar-refractivity contribution is -0.151. The number of nitrogens with one attached hydrogen (secondary N) is 3. The number of carbonyl (C=O) groups excluding carboxylic acids is 3. The van der Waals surface area contributed by atoms with E-state index < -0.39 is 68.4 Å². The number of anilines is 1. The highest BCUT2D eigenvalue weighted by Crippen LogP contribution is 2.39. The SMILES string of the molecule is CC(C)(C)OC(=O)NC(C(=O)N[C@@H]1C(=O)N2C(C(=O)O)=C(O)CS[C@H]12)c1cccc(NS(C)(=O)=O)c1. The number of β-lactam (4-membered cyclic amide) rings is 1. The van der Waals surface area contributed by atoms with Crippen LogP contribution in [0.2, 0.25) is 0 Å². The Balaban J connectivity index is 1.86. The molecule has 1 saturated heterocycles. The molecule has 13 nitrogen and oxygen atoms in total. The van der Waals surface area contributed by atoms with Crippen LogP contribution in [0.4, 0.5) is 10.5 Å². The van der Waals surface area contributed by atoms with E-state index in [9.17, 15) is 37.8 Å². The van der Waals surface area contributed by atoms with Crippen molar-refractivity contribution in [2.75, 3.05) is 16.7 Å². The average molecular weight is 543 g/mol. The number of fused-ring (bicyclic) bond motifs is 1. The van der Waals surface area contributed by atoms with E-state index in [-0.39, 0.29) is 17.0 Å². The summed E-state index contributed by atoms with van der Waals surface area (Å²) in [4.78, 5) is 50.8. The fraction of sp³-hybridized carbons (Fsp3) is 0.429. The number of aliphatic carboxylic acids is 1. The van der Waals surface area contributed by atoms with Crippen LogP contribution in [-0.2, 0) is 29.1 Å². The Kier molecular flexibility index (Phi) is 7.45. The number of hydrogen-bond acceptors (Lipinski definition) is 9. The van der Waals surface area contributed by atoms with Crippen LogP contribution in [0.15, 0.2) is 35.7 Å². The lowest BCUT2D eigenvalue weighted by Crippen LogP contribution is -2.71. The van der Waals surface area contributed by atoms with Crippen LogP contribution in [0.25, 0.3) is 0 Å². The van der Waals surface area contributed by atoms with Gasteiger partial charge in [-0.25, -0.2) is 18.0 Å². The molecule has 0 spiro atoms. The van der Waals surface area contributed by atoms with Gasteiger partial charge in [0, 0.05) is 5.69 Å². The van der Waals surface area contributed by atoms with E-state index >= 15 is 0 Å². The van der Waals surface area contributed by atoms with Crippen molar-refractivity contribution >= 4 is 51.3 Å². The Labute approximate surface area is 211 Å². The van der Waals surface area contributed by atoms with Crippen LogP contribution in [0.3, 0.4) is 0 Å². The Hall–Kier alpha value is -3.46. The summed E-state index contributed by atoms with van der Waals surface area (Å²) in [5.74, 6) is -3.56. The highest BCUT2D eigenvalue weighted by molar-refractivity contribution is 8.00. The van der Waals surface area contributed by atoms with Gasteiger partial charge < -0.3 is 25.6 Å². The number of sulfonamides is 1. The zero-order chi connectivity index (χ0) is 27.0. The quantitative estimate of drug-likeness (QED) is 0.309. The molecule has 5 N–H and O–H groups in total. The summed E-state index contributed by atoms with van der Waals surface area (Å²) in [6.45, 7) is 4.88. The number of alkyl carbamates (subject to hydrolysis) is 1. The van der Waals surface area contributed by atoms with Crippen LogP contribution in [0.1, 0.15) is 32.4 Å². The molecule has 196 valence electrons. The number of hydrogen-bond donors (Lipinski definition) is 5. The van der Waals surface area contributed by atoms with Gasteiger partial charge in [0.15, 0.2) is 5.70 Å². The molecule has 15 heteroatoms. The van der Waals surface area contributed by atoms with Gasteiger partial charge in [-0.15, -0.1) is 11.8 Å². The number of benzene rings is 1. The minimum Gasteiger partial charge on any atom is -0.509 e. The lowest BCUT2D eigenvalue weighted by Gasteiger charge is -2.48. The molecule has 2 aliphatic rings. The second-order valence-corrected chi connectivity index (χ2v) is 11.9. The van der Waals surface area contributed by atoms with Gasteiger partial charge in [0.25, 0.3) is 5.91 Å². The minimum atomic E-state index is -3.63. The Morgan fingerprint density at radius 2 is 1.92 bits per heavy atom. The third-order valence-corrected chi connectivity index (χ3v) is 6.77. The fourth-order valence-electron chi connectivity index (χ4n) is 3.56. The van der Waals surface area contributed by atoms with Gasteiger partial charge in [0.2, 0.25) is 15.9 Å². The number of aliphatic hydroxyl groups is 1. The van der Waals surface area contributed by atoms with Crippen LogP contribution in [0.5, 0.6) is 0 Å². The highest BCUT2D eigenvalue weighted by atomic mass is 32.2. The van der Waals surface area contributed by atoms with Gasteiger partial charge in [0.05, 0.1) is 12.0 Å². The first-order valence-corrected chi connectivity index (χ1v) is 13.5. The predicted molar refractivity (Wildman–Crippen MR) is 129 cm³/mol. The van der Waals surface area contributed by atoms with Gasteiger partial charge >= 0.3 is 12.1 Å². The van der Waals surface area contributed by atoms with Crippen LogP contribution in [0, 0.1) is 0 Å². The van der Waals surface area contributed by atoms with Crippen molar-refractivity contribution in [3.05, 3.63) is 41.3 Å². The first-order valence-electron chi connectivity index (χ1n) is 10.5. The third-order valence-electron chi connectivity index (χ3n) is 4.89. The molecule has 3 amide bonds. The van der Waals surface area contributed by atoms with E-state index in [1.165, 1.54) is 24.3 Å². The van der Waals surface area contributed by atoms with Crippen molar-refractivity contribution in [2.24, 2.45) is 0 Å². The maximum atomic E-state index is 13.3. The van der Waals surface area contributed by atoms with Crippen molar-refractivity contribution in [3.8, 4) is 0 Å². The van der Waals surface area contributed by atoms with Crippen molar-refractivity contribution < 1.29 is 42.5 Å². The zero-order valence-corrected chi connectivity index (χ0v) is 21.4. The van der Waals surface area contributed by atoms with Crippen molar-refractivity contribution in [1.82, 2.24) is 15.5 Å². The fourth-order valence-corrected chi connectivity index (χ4v) is 5.32. The number of aliphatic hydroxyl groups excluding tert-OH is 1. The molecule has 1 aromatic carbocycles. The molecular formula is C21H26N4O9S2. The first kappa shape index (κ1) is 27.1. The Morgan fingerprint density at radius 3 is 2.50 bits per heavy atom. The number of carboxylic acid groups (broad SMARTS) is 1. The molecule has 1 unspecified atom stereocenters. The van der Waals surface area contributed by atoms with E-state index in [2.05, 4.69) is 15.4 Å². The first-order chi connectivity index (χ1) is 16.6. The summed E-state index contributed by atoms with van der Waals surface area (Å²) in [7, 11) is -3.63. The molecule has 1 fully saturated rings. The second kappa shape index (κ2) is 9.89. The summed E-state index contributed by atoms with van der Waals surface area (Å²) >= 11 is 1.06. The van der Waals surface area contributed by atoms with Gasteiger partial charge in [0.1, 0.15) is 28.8 Å². The molecule has 1 aromatic rings. The monoisotopic (exact) mass is 542 g/mol. The number of thioether (sulfide) groups is 1. The van der Waals surface area contributed by atoms with E-state index in [0.29, 0.717) is 0 Å². The Morgan fingerprint density at radius 1 is 1.25 bits per heavy atom. The number of nitrogens with zero attached hydrogens (tertiary/aromatic N) is 1. The summed E-state index contributed by atoms with van der Waals surface area (Å²) < 4.78 is 30.8. The van der Waals surface area contributed by atoms with Crippen LogP contribution >= 0.6 is 11.8 Å². The summed E-state index contributed by atoms with van der Waals surface area (Å²) in [5.41, 5.74) is -1.10. The maximum absolute atomic E-state index is 13.3. The van der Waals surface area contributed by atoms with Gasteiger partial charge in [-0.05, 0) is 38.5 Å². The Bertz CT molecular complexity index is 1240. The molecule has 0 radical (unpaired) electrons. The summed E-state index contributed by atoms with van der Waals surface area (Å²) in [5, 5.41) is 23.4. The summed E-state index contributed by atoms with van der Waals surface area (Å²) in [6, 6.07) is 3.23. The number of ether oxygens (including phenoxy) is 1. The molecule has 3 rings (SSSR count). The predicted octanol–water partition coefficient (Wildman–Crippen LogP) is 0.878. The van der Waals surface area contributed by atoms with Gasteiger partial charge in [-0.3, -0.25) is 19.2 Å². The van der Waals surface area contributed by atoms with Crippen molar-refractivity contribution in [2.45, 2.75) is 43.8 Å². The maximum Gasteiger partial charge on any atom is 0.408 e. The average Bonchev–Trinajstić information content (AvgIpc) is 2.73. The molecule has 0 saturated carbocycles. The summed E-state index contributed by atoms with van der Waals surface area (Å²) in [6.07, 6.45) is 0.0229. The largest absolute Gasteiger partial charge is 0.509 e. The molecule has 0 aliphatic carbocycles. The van der Waals surface area contributed by atoms with Gasteiger partial charge in [-0.2, -0.15) is 0 Å². The number of carbonyl (C=O) groups is 4. The second-order valence-electron chi connectivity index (χ2n) is 9.08. The normalized spacial score (nSPS) is 20.6. The molecule has 2 heterocycles. The minimum absolute atomic E-state index is 0.0682. The smallest absolute Gasteiger partial charge is 0.408 e. The number of carboxylic acids is 1. The number of rotatable bonds is 7. The van der Waals surface area contributed by atoms with E-state index in [0.717, 1.165) is 22.9 Å². The van der Waals surface area contributed by atoms with Gasteiger partial charge in [-0.1, -0.05) is 12.1 Å². The zero-order valence-electron chi connectivity index (χ0n) is 19.8. The van der Waals surface area contributed by atoms with Crippen LogP contribution in [-0.4, -0.2) is 76.4 Å². The highest BCUT2D eigenvalue weighted by Gasteiger charge is 2.55. The van der Waals surface area contributed by atoms with Crippen LogP contribution < -0.4 is 15.4 Å². The lowest BCUT2D eigenvalue weighted by atomic mass is 10.0. The topological polar surface area (TPSA) is 191 Å². The standard InChI is InChI=1S/C21H26N4O9S2/c1-21(2,3)34-20(31)23-13(10-6-5-7-11(8-10)24-36(4,32)33)16(27)22-14-17(28)25-15(19(29)30)12(26)9-35-18(14)25/h5-8,13-14,18,24,26H,9H2,1-4H3,(H,22,27)(H,23,31)(H,29,30)/t13?,14-,18-/m1/s1.